The Labute approximate surface area is 168 Å². The van der Waals surface area contributed by atoms with E-state index in [0.717, 1.165) is 17.5 Å². The highest BCUT2D eigenvalue weighted by Crippen LogP contribution is 2.49. The van der Waals surface area contributed by atoms with Gasteiger partial charge in [-0.25, -0.2) is 4.39 Å². The van der Waals surface area contributed by atoms with Crippen molar-refractivity contribution in [3.63, 3.8) is 0 Å². The first-order chi connectivity index (χ1) is 13.6. The van der Waals surface area contributed by atoms with Crippen molar-refractivity contribution in [2.75, 3.05) is 18.6 Å². The summed E-state index contributed by atoms with van der Waals surface area (Å²) in [6, 6.07) is 15.5. The molecule has 0 aromatic heterocycles. The Kier molecular flexibility index (Phi) is 5.40. The molecule has 0 bridgehead atoms. The van der Waals surface area contributed by atoms with E-state index in [1.54, 1.807) is 28.8 Å². The van der Waals surface area contributed by atoms with Crippen molar-refractivity contribution < 1.29 is 14.0 Å². The average molecular weight is 399 g/mol. The van der Waals surface area contributed by atoms with Gasteiger partial charge in [0.25, 0.3) is 0 Å². The highest BCUT2D eigenvalue weighted by Gasteiger charge is 2.49. The van der Waals surface area contributed by atoms with E-state index in [1.165, 1.54) is 12.1 Å². The van der Waals surface area contributed by atoms with Crippen molar-refractivity contribution in [3.8, 4) is 0 Å². The van der Waals surface area contributed by atoms with Gasteiger partial charge in [-0.1, -0.05) is 42.5 Å². The standard InChI is InChI=1S/C22H23FN2O2S/c1-28-13-20-21(26)24-19(15-5-3-2-4-6-15)12-25(20)22(27)18-11-17(18)14-7-9-16(23)10-8-14/h2-10,17-20H,11-13H2,1H3,(H,24,26)/t17-,18+,19+,20-/m0/s1. The number of carbonyl (C=O) groups is 2. The van der Waals surface area contributed by atoms with Gasteiger partial charge in [-0.2, -0.15) is 11.8 Å². The molecule has 4 rings (SSSR count). The quantitative estimate of drug-likeness (QED) is 0.840. The molecule has 0 unspecified atom stereocenters. The molecule has 1 heterocycles. The zero-order valence-electron chi connectivity index (χ0n) is 15.7. The summed E-state index contributed by atoms with van der Waals surface area (Å²) < 4.78 is 13.2. The Morgan fingerprint density at radius 3 is 2.54 bits per heavy atom. The lowest BCUT2D eigenvalue weighted by molar-refractivity contribution is -0.145. The third kappa shape index (κ3) is 3.78. The fourth-order valence-electron chi connectivity index (χ4n) is 3.98. The topological polar surface area (TPSA) is 49.4 Å². The normalized spacial score (nSPS) is 26.6. The Hall–Kier alpha value is -2.34. The Morgan fingerprint density at radius 2 is 1.86 bits per heavy atom. The van der Waals surface area contributed by atoms with Crippen molar-refractivity contribution in [3.05, 3.63) is 71.5 Å². The molecule has 1 N–H and O–H groups in total. The van der Waals surface area contributed by atoms with Crippen molar-refractivity contribution in [1.29, 1.82) is 0 Å². The second kappa shape index (κ2) is 7.95. The van der Waals surface area contributed by atoms with Crippen LogP contribution in [-0.4, -0.2) is 41.3 Å². The van der Waals surface area contributed by atoms with Gasteiger partial charge in [-0.05, 0) is 41.9 Å². The SMILES string of the molecule is CSC[C@H]1C(=O)N[C@@H](c2ccccc2)CN1C(=O)[C@@H]1C[C@H]1c1ccc(F)cc1. The maximum absolute atomic E-state index is 13.3. The third-order valence-electron chi connectivity index (χ3n) is 5.59. The Balaban J connectivity index is 1.53. The highest BCUT2D eigenvalue weighted by molar-refractivity contribution is 7.98. The molecule has 1 saturated heterocycles. The molecule has 1 saturated carbocycles. The van der Waals surface area contributed by atoms with Gasteiger partial charge in [0.2, 0.25) is 11.8 Å². The monoisotopic (exact) mass is 398 g/mol. The van der Waals surface area contributed by atoms with Crippen LogP contribution in [0.1, 0.15) is 29.5 Å². The molecule has 4 nitrogen and oxygen atoms in total. The molecule has 4 atom stereocenters. The fourth-order valence-corrected chi connectivity index (χ4v) is 4.63. The van der Waals surface area contributed by atoms with Crippen LogP contribution in [0.3, 0.4) is 0 Å². The molecule has 0 spiro atoms. The molecule has 28 heavy (non-hydrogen) atoms. The molecule has 2 aromatic rings. The average Bonchev–Trinajstić information content (AvgIpc) is 3.51. The van der Waals surface area contributed by atoms with Gasteiger partial charge in [-0.3, -0.25) is 9.59 Å². The van der Waals surface area contributed by atoms with Crippen LogP contribution >= 0.6 is 11.8 Å². The number of amides is 2. The fraction of sp³-hybridized carbons (Fsp3) is 0.364. The van der Waals surface area contributed by atoms with Crippen molar-refractivity contribution in [1.82, 2.24) is 10.2 Å². The largest absolute Gasteiger partial charge is 0.346 e. The second-order valence-corrected chi connectivity index (χ2v) is 8.34. The zero-order chi connectivity index (χ0) is 19.7. The first-order valence-corrected chi connectivity index (χ1v) is 10.9. The number of benzene rings is 2. The smallest absolute Gasteiger partial charge is 0.244 e. The molecular weight excluding hydrogens is 375 g/mol. The molecule has 1 aliphatic carbocycles. The molecule has 6 heteroatoms. The van der Waals surface area contributed by atoms with E-state index in [4.69, 9.17) is 0 Å². The minimum atomic E-state index is -0.447. The molecule has 2 fully saturated rings. The van der Waals surface area contributed by atoms with Gasteiger partial charge in [0.1, 0.15) is 11.9 Å². The van der Waals surface area contributed by atoms with E-state index in [0.29, 0.717) is 12.3 Å². The predicted molar refractivity (Wildman–Crippen MR) is 108 cm³/mol. The van der Waals surface area contributed by atoms with Gasteiger partial charge in [0.05, 0.1) is 6.04 Å². The molecule has 2 amide bonds. The Bertz CT molecular complexity index is 859. The van der Waals surface area contributed by atoms with Crippen molar-refractivity contribution in [2.45, 2.75) is 24.4 Å². The number of halogens is 1. The molecule has 2 aliphatic rings. The van der Waals surface area contributed by atoms with Crippen LogP contribution in [0, 0.1) is 11.7 Å². The van der Waals surface area contributed by atoms with Gasteiger partial charge in [0, 0.05) is 18.2 Å². The van der Waals surface area contributed by atoms with Crippen LogP contribution in [0.2, 0.25) is 0 Å². The van der Waals surface area contributed by atoms with Crippen LogP contribution in [0.4, 0.5) is 4.39 Å². The number of hydrogen-bond acceptors (Lipinski definition) is 3. The predicted octanol–water partition coefficient (Wildman–Crippen LogP) is 3.36. The molecule has 0 radical (unpaired) electrons. The summed E-state index contributed by atoms with van der Waals surface area (Å²) in [6.45, 7) is 0.479. The number of nitrogens with one attached hydrogen (secondary N) is 1. The van der Waals surface area contributed by atoms with Crippen LogP contribution in [0.15, 0.2) is 54.6 Å². The van der Waals surface area contributed by atoms with Gasteiger partial charge in [-0.15, -0.1) is 0 Å². The lowest BCUT2D eigenvalue weighted by Gasteiger charge is -2.39. The van der Waals surface area contributed by atoms with E-state index >= 15 is 0 Å². The summed E-state index contributed by atoms with van der Waals surface area (Å²) in [5.41, 5.74) is 1.99. The van der Waals surface area contributed by atoms with Crippen LogP contribution < -0.4 is 5.32 Å². The summed E-state index contributed by atoms with van der Waals surface area (Å²) in [5, 5.41) is 3.07. The van der Waals surface area contributed by atoms with Crippen molar-refractivity contribution in [2.24, 2.45) is 5.92 Å². The summed E-state index contributed by atoms with van der Waals surface area (Å²) in [4.78, 5) is 27.8. The van der Waals surface area contributed by atoms with E-state index < -0.39 is 6.04 Å². The highest BCUT2D eigenvalue weighted by atomic mass is 32.2. The van der Waals surface area contributed by atoms with E-state index in [2.05, 4.69) is 5.32 Å². The van der Waals surface area contributed by atoms with E-state index in [-0.39, 0.29) is 35.5 Å². The minimum absolute atomic E-state index is 0.0316. The summed E-state index contributed by atoms with van der Waals surface area (Å²) in [7, 11) is 0. The van der Waals surface area contributed by atoms with Crippen LogP contribution in [0.25, 0.3) is 0 Å². The first-order valence-electron chi connectivity index (χ1n) is 9.48. The lowest BCUT2D eigenvalue weighted by Crippen LogP contribution is -2.59. The Morgan fingerprint density at radius 1 is 1.14 bits per heavy atom. The van der Waals surface area contributed by atoms with Gasteiger partial charge < -0.3 is 10.2 Å². The summed E-state index contributed by atoms with van der Waals surface area (Å²) in [6.07, 6.45) is 2.70. The third-order valence-corrected chi connectivity index (χ3v) is 6.24. The van der Waals surface area contributed by atoms with Gasteiger partial charge >= 0.3 is 0 Å². The second-order valence-electron chi connectivity index (χ2n) is 7.43. The molecule has 146 valence electrons. The summed E-state index contributed by atoms with van der Waals surface area (Å²) >= 11 is 1.56. The first kappa shape index (κ1) is 19.0. The van der Waals surface area contributed by atoms with Crippen LogP contribution in [-0.2, 0) is 9.59 Å². The molecule has 1 aliphatic heterocycles. The van der Waals surface area contributed by atoms with Gasteiger partial charge in [0.15, 0.2) is 0 Å². The molecular formula is C22H23FN2O2S. The number of carbonyl (C=O) groups excluding carboxylic acids is 2. The number of hydrogen-bond donors (Lipinski definition) is 1. The van der Waals surface area contributed by atoms with Crippen molar-refractivity contribution >= 4 is 23.6 Å². The maximum Gasteiger partial charge on any atom is 0.244 e. The number of thioether (sulfide) groups is 1. The molecule has 2 aromatic carbocycles. The maximum atomic E-state index is 13.3. The van der Waals surface area contributed by atoms with E-state index in [9.17, 15) is 14.0 Å². The zero-order valence-corrected chi connectivity index (χ0v) is 16.5. The summed E-state index contributed by atoms with van der Waals surface area (Å²) in [5.74, 6) is 0.226. The minimum Gasteiger partial charge on any atom is -0.346 e. The number of nitrogens with zero attached hydrogens (tertiary/aromatic N) is 1. The lowest BCUT2D eigenvalue weighted by atomic mass is 10.0. The van der Waals surface area contributed by atoms with E-state index in [1.807, 2.05) is 36.6 Å². The number of rotatable bonds is 5. The number of piperazine rings is 1. The van der Waals surface area contributed by atoms with Crippen LogP contribution in [0.5, 0.6) is 0 Å².